The number of alkyl carbamates (subject to hydrolysis) is 1. The number of thiol groups is 4. The van der Waals surface area contributed by atoms with Crippen molar-refractivity contribution in [3.05, 3.63) is 0 Å². The Hall–Kier alpha value is 0.670. The molecule has 0 atom stereocenters. The molecule has 0 rings (SSSR count). The highest BCUT2D eigenvalue weighted by Gasteiger charge is 2.02. The van der Waals surface area contributed by atoms with E-state index in [-0.39, 0.29) is 15.3 Å². The van der Waals surface area contributed by atoms with Gasteiger partial charge in [-0.15, -0.1) is 0 Å². The highest BCUT2D eigenvalue weighted by Crippen LogP contribution is 2.08. The first-order chi connectivity index (χ1) is 7.52. The molecule has 7 heteroatoms. The summed E-state index contributed by atoms with van der Waals surface area (Å²) in [6.07, 6.45) is 2.93. The first kappa shape index (κ1) is 16.7. The average Bonchev–Trinajstić information content (AvgIpc) is 2.19. The van der Waals surface area contributed by atoms with Gasteiger partial charge in [-0.1, -0.05) is 0 Å². The van der Waals surface area contributed by atoms with Gasteiger partial charge in [0.2, 0.25) is 0 Å². The molecule has 0 aliphatic carbocycles. The quantitative estimate of drug-likeness (QED) is 0.272. The maximum atomic E-state index is 11.1. The van der Waals surface area contributed by atoms with E-state index in [4.69, 9.17) is 4.74 Å². The van der Waals surface area contributed by atoms with Crippen LogP contribution in [0, 0.1) is 0 Å². The molecule has 0 aromatic carbocycles. The van der Waals surface area contributed by atoms with Crippen LogP contribution in [-0.2, 0) is 4.74 Å². The Morgan fingerprint density at radius 1 is 1.06 bits per heavy atom. The van der Waals surface area contributed by atoms with E-state index >= 15 is 0 Å². The third-order valence-electron chi connectivity index (χ3n) is 1.75. The van der Waals surface area contributed by atoms with Gasteiger partial charge < -0.3 is 10.1 Å². The summed E-state index contributed by atoms with van der Waals surface area (Å²) in [4.78, 5) is 11.1. The lowest BCUT2D eigenvalue weighted by molar-refractivity contribution is 0.144. The predicted octanol–water partition coefficient (Wildman–Crippen LogP) is 2.64. The molecule has 0 radical (unpaired) electrons. The summed E-state index contributed by atoms with van der Waals surface area (Å²) in [5.74, 6) is 0. The van der Waals surface area contributed by atoms with Gasteiger partial charge in [-0.05, 0) is 25.7 Å². The van der Waals surface area contributed by atoms with Crippen molar-refractivity contribution in [2.45, 2.75) is 34.8 Å². The molecule has 0 saturated carbocycles. The van der Waals surface area contributed by atoms with Crippen LogP contribution in [0.2, 0.25) is 0 Å². The fourth-order valence-electron chi connectivity index (χ4n) is 0.957. The molecule has 0 unspecified atom stereocenters. The topological polar surface area (TPSA) is 38.3 Å². The lowest BCUT2D eigenvalue weighted by atomic mass is 10.3. The van der Waals surface area contributed by atoms with Gasteiger partial charge in [0.15, 0.2) is 0 Å². The molecule has 0 spiro atoms. The molecule has 1 N–H and O–H groups in total. The van der Waals surface area contributed by atoms with Crippen LogP contribution in [0.5, 0.6) is 0 Å². The fourth-order valence-corrected chi connectivity index (χ4v) is 1.69. The van der Waals surface area contributed by atoms with Crippen LogP contribution in [0.1, 0.15) is 25.7 Å². The molecule has 0 fully saturated rings. The van der Waals surface area contributed by atoms with E-state index in [1.807, 2.05) is 0 Å². The Balaban J connectivity index is 3.25. The van der Waals surface area contributed by atoms with Gasteiger partial charge in [0, 0.05) is 15.7 Å². The largest absolute Gasteiger partial charge is 0.450 e. The Bertz CT molecular complexity index is 172. The Morgan fingerprint density at radius 2 is 1.62 bits per heavy atom. The third-order valence-corrected chi connectivity index (χ3v) is 2.78. The first-order valence-corrected chi connectivity index (χ1v) is 7.22. The van der Waals surface area contributed by atoms with Crippen LogP contribution in [0.25, 0.3) is 0 Å². The Morgan fingerprint density at radius 3 is 2.19 bits per heavy atom. The number of hydrogen-bond donors (Lipinski definition) is 5. The second-order valence-electron chi connectivity index (χ2n) is 3.31. The van der Waals surface area contributed by atoms with E-state index < -0.39 is 0 Å². The van der Waals surface area contributed by atoms with Crippen molar-refractivity contribution in [1.29, 1.82) is 0 Å². The summed E-state index contributed by atoms with van der Waals surface area (Å²) in [5, 5.41) is 2.66. The van der Waals surface area contributed by atoms with Gasteiger partial charge in [0.1, 0.15) is 0 Å². The van der Waals surface area contributed by atoms with Crippen molar-refractivity contribution in [1.82, 2.24) is 5.32 Å². The van der Waals surface area contributed by atoms with E-state index in [9.17, 15) is 4.79 Å². The van der Waals surface area contributed by atoms with Crippen molar-refractivity contribution >= 4 is 56.6 Å². The van der Waals surface area contributed by atoms with Crippen molar-refractivity contribution in [3.8, 4) is 0 Å². The summed E-state index contributed by atoms with van der Waals surface area (Å²) in [5.41, 5.74) is 0. The molecule has 16 heavy (non-hydrogen) atoms. The average molecular weight is 302 g/mol. The Labute approximate surface area is 119 Å². The van der Waals surface area contributed by atoms with Crippen LogP contribution < -0.4 is 5.32 Å². The van der Waals surface area contributed by atoms with E-state index in [1.165, 1.54) is 0 Å². The number of ether oxygens (including phenoxy) is 1. The standard InChI is InChI=1S/C9H19NO2S4/c11-9(10-5-1-3-7(13)14)12-6-2-4-8(15)16/h7-8,13-16H,1-6H2,(H,10,11). The number of carbonyl (C=O) groups excluding carboxylic acids is 1. The minimum Gasteiger partial charge on any atom is -0.450 e. The van der Waals surface area contributed by atoms with Crippen molar-refractivity contribution in [2.24, 2.45) is 0 Å². The molecule has 0 saturated heterocycles. The van der Waals surface area contributed by atoms with Crippen LogP contribution in [0.4, 0.5) is 4.79 Å². The van der Waals surface area contributed by atoms with Crippen LogP contribution in [-0.4, -0.2) is 28.4 Å². The lowest BCUT2D eigenvalue weighted by Crippen LogP contribution is -2.26. The molecule has 0 heterocycles. The predicted molar refractivity (Wildman–Crippen MR) is 81.3 cm³/mol. The third kappa shape index (κ3) is 12.7. The zero-order valence-corrected chi connectivity index (χ0v) is 12.6. The van der Waals surface area contributed by atoms with Gasteiger partial charge in [0.05, 0.1) is 6.61 Å². The maximum absolute atomic E-state index is 11.1. The number of nitrogens with one attached hydrogen (secondary N) is 1. The first-order valence-electron chi connectivity index (χ1n) is 5.15. The van der Waals surface area contributed by atoms with E-state index in [0.29, 0.717) is 13.2 Å². The molecule has 0 aromatic rings. The lowest BCUT2D eigenvalue weighted by Gasteiger charge is -2.08. The van der Waals surface area contributed by atoms with E-state index in [2.05, 4.69) is 55.8 Å². The molecule has 0 aliphatic heterocycles. The van der Waals surface area contributed by atoms with Crippen LogP contribution in [0.15, 0.2) is 0 Å². The minimum absolute atomic E-state index is 0.0503. The summed E-state index contributed by atoms with van der Waals surface area (Å²) < 4.78 is 5.06. The van der Waals surface area contributed by atoms with E-state index in [0.717, 1.165) is 25.7 Å². The SMILES string of the molecule is O=C(NCCCC(S)S)OCCCC(S)S. The number of rotatable bonds is 8. The molecule has 3 nitrogen and oxygen atoms in total. The summed E-state index contributed by atoms with van der Waals surface area (Å²) in [6.45, 7) is 1.00. The van der Waals surface area contributed by atoms with Crippen LogP contribution in [0.3, 0.4) is 0 Å². The highest BCUT2D eigenvalue weighted by atomic mass is 32.2. The highest BCUT2D eigenvalue weighted by molar-refractivity contribution is 7.99. The van der Waals surface area contributed by atoms with Gasteiger partial charge in [-0.3, -0.25) is 0 Å². The zero-order chi connectivity index (χ0) is 12.4. The van der Waals surface area contributed by atoms with Crippen molar-refractivity contribution in [3.63, 3.8) is 0 Å². The summed E-state index contributed by atoms with van der Waals surface area (Å²) >= 11 is 16.4. The molecule has 96 valence electrons. The fraction of sp³-hybridized carbons (Fsp3) is 0.889. The van der Waals surface area contributed by atoms with Crippen molar-refractivity contribution < 1.29 is 9.53 Å². The molecule has 1 amide bonds. The van der Waals surface area contributed by atoms with Gasteiger partial charge in [-0.25, -0.2) is 4.79 Å². The number of carbonyl (C=O) groups is 1. The molecular formula is C9H19NO2S4. The summed E-state index contributed by atoms with van der Waals surface area (Å²) in [7, 11) is 0. The number of hydrogen-bond acceptors (Lipinski definition) is 6. The monoisotopic (exact) mass is 301 g/mol. The number of amides is 1. The van der Waals surface area contributed by atoms with Gasteiger partial charge in [0.25, 0.3) is 0 Å². The van der Waals surface area contributed by atoms with Gasteiger partial charge >= 0.3 is 6.09 Å². The molecular weight excluding hydrogens is 282 g/mol. The molecule has 0 aromatic heterocycles. The molecule has 0 aliphatic rings. The summed E-state index contributed by atoms with van der Waals surface area (Å²) in [6, 6.07) is 0. The minimum atomic E-state index is -0.371. The van der Waals surface area contributed by atoms with Crippen LogP contribution >= 0.6 is 50.5 Å². The van der Waals surface area contributed by atoms with Crippen molar-refractivity contribution in [2.75, 3.05) is 13.2 Å². The molecule has 0 bridgehead atoms. The second kappa shape index (κ2) is 10.8. The smallest absolute Gasteiger partial charge is 0.407 e. The van der Waals surface area contributed by atoms with Gasteiger partial charge in [-0.2, -0.15) is 50.5 Å². The van der Waals surface area contributed by atoms with E-state index in [1.54, 1.807) is 0 Å². The second-order valence-corrected chi connectivity index (χ2v) is 6.62. The normalized spacial score (nSPS) is 10.9. The maximum Gasteiger partial charge on any atom is 0.407 e. The Kier molecular flexibility index (Phi) is 11.3. The zero-order valence-electron chi connectivity index (χ0n) is 9.00.